The first-order valence-electron chi connectivity index (χ1n) is 21.2. The summed E-state index contributed by atoms with van der Waals surface area (Å²) in [6, 6.07) is 17.6. The van der Waals surface area contributed by atoms with E-state index in [1.807, 2.05) is 36.8 Å². The van der Waals surface area contributed by atoms with Crippen LogP contribution in [0.4, 0.5) is 5.69 Å². The van der Waals surface area contributed by atoms with E-state index in [1.165, 1.54) is 60.7 Å². The number of piperidine rings is 3. The molecule has 5 aliphatic rings. The number of carbonyl (C=O) groups excluding carboxylic acids is 3. The summed E-state index contributed by atoms with van der Waals surface area (Å²) in [7, 11) is 2.11. The van der Waals surface area contributed by atoms with Crippen LogP contribution in [0.25, 0.3) is 32.9 Å². The quantitative estimate of drug-likeness (QED) is 0.155. The molecule has 1 atom stereocenters. The maximum absolute atomic E-state index is 13.4. The highest BCUT2D eigenvalue weighted by atomic mass is 16.5. The number of fused-ring (bicyclic) bond motifs is 4. The Labute approximate surface area is 339 Å². The summed E-state index contributed by atoms with van der Waals surface area (Å²) in [6.45, 7) is 9.26. The van der Waals surface area contributed by atoms with Gasteiger partial charge in [0, 0.05) is 84.6 Å². The van der Waals surface area contributed by atoms with Gasteiger partial charge in [-0.25, -0.2) is 4.98 Å². The lowest BCUT2D eigenvalue weighted by molar-refractivity contribution is -0.125. The molecule has 10 rings (SSSR count). The van der Waals surface area contributed by atoms with E-state index < -0.39 is 6.04 Å². The molecule has 0 spiro atoms. The minimum absolute atomic E-state index is 0.244. The molecule has 298 valence electrons. The topological polar surface area (TPSA) is 113 Å². The fraction of sp³-hybridized carbons (Fsp3) is 0.426. The second kappa shape index (κ2) is 15.0. The highest BCUT2D eigenvalue weighted by Gasteiger charge is 2.44. The SMILES string of the molecule is C=C1CCC(N2C(=O)c3ccc(N4CCC(CC5CCN(C[C@H]6C[C@H](Oc7ccc(-c8ccc9c%10cnccc%10n(C)c9c8)cn7)C6)CC5)CC4)cc3C2=O)C(=O)N1. The molecule has 0 bridgehead atoms. The van der Waals surface area contributed by atoms with E-state index in [-0.39, 0.29) is 23.8 Å². The largest absolute Gasteiger partial charge is 0.474 e. The Bertz CT molecular complexity index is 2420. The Balaban J connectivity index is 0.647. The van der Waals surface area contributed by atoms with Crippen molar-refractivity contribution in [1.82, 2.24) is 29.7 Å². The maximum Gasteiger partial charge on any atom is 0.262 e. The number of aromatic nitrogens is 3. The lowest BCUT2D eigenvalue weighted by Gasteiger charge is -2.41. The van der Waals surface area contributed by atoms with Crippen molar-refractivity contribution in [1.29, 1.82) is 0 Å². The summed E-state index contributed by atoms with van der Waals surface area (Å²) in [5.41, 5.74) is 7.00. The van der Waals surface area contributed by atoms with E-state index in [2.05, 4.69) is 73.6 Å². The number of nitrogens with zero attached hydrogens (tertiary/aromatic N) is 6. The average Bonchev–Trinajstić information content (AvgIpc) is 3.66. The third-order valence-corrected chi connectivity index (χ3v) is 13.8. The van der Waals surface area contributed by atoms with E-state index >= 15 is 0 Å². The summed E-state index contributed by atoms with van der Waals surface area (Å²) < 4.78 is 8.53. The fourth-order valence-electron chi connectivity index (χ4n) is 10.3. The van der Waals surface area contributed by atoms with Crippen LogP contribution in [0, 0.1) is 17.8 Å². The van der Waals surface area contributed by atoms with E-state index in [1.54, 1.807) is 6.07 Å². The van der Waals surface area contributed by atoms with Gasteiger partial charge in [0.15, 0.2) is 0 Å². The Kier molecular flexibility index (Phi) is 9.51. The van der Waals surface area contributed by atoms with Crippen molar-refractivity contribution < 1.29 is 19.1 Å². The molecule has 1 aliphatic carbocycles. The molecule has 4 fully saturated rings. The van der Waals surface area contributed by atoms with Crippen LogP contribution in [0.15, 0.2) is 85.5 Å². The number of hydrogen-bond donors (Lipinski definition) is 1. The summed E-state index contributed by atoms with van der Waals surface area (Å²) in [5, 5.41) is 5.09. The monoisotopic (exact) mass is 777 g/mol. The molecule has 3 aromatic heterocycles. The predicted molar refractivity (Wildman–Crippen MR) is 225 cm³/mol. The van der Waals surface area contributed by atoms with Gasteiger partial charge >= 0.3 is 0 Å². The van der Waals surface area contributed by atoms with Gasteiger partial charge in [0.2, 0.25) is 11.8 Å². The minimum Gasteiger partial charge on any atom is -0.474 e. The molecule has 4 aliphatic heterocycles. The van der Waals surface area contributed by atoms with Gasteiger partial charge in [-0.3, -0.25) is 24.3 Å². The molecule has 3 saturated heterocycles. The second-order valence-electron chi connectivity index (χ2n) is 17.4. The molecule has 7 heterocycles. The van der Waals surface area contributed by atoms with Crippen LogP contribution >= 0.6 is 0 Å². The van der Waals surface area contributed by atoms with Crippen LogP contribution in [0.2, 0.25) is 0 Å². The molecule has 1 saturated carbocycles. The number of nitrogens with one attached hydrogen (secondary N) is 1. The number of allylic oxidation sites excluding steroid dienone is 1. The molecule has 1 unspecified atom stereocenters. The van der Waals surface area contributed by atoms with E-state index in [0.717, 1.165) is 72.3 Å². The zero-order valence-electron chi connectivity index (χ0n) is 33.2. The number of rotatable bonds is 9. The number of ether oxygens (including phenoxy) is 1. The van der Waals surface area contributed by atoms with Crippen molar-refractivity contribution in [2.45, 2.75) is 69.9 Å². The van der Waals surface area contributed by atoms with Gasteiger partial charge in [-0.05, 0) is 131 Å². The lowest BCUT2D eigenvalue weighted by atomic mass is 9.80. The van der Waals surface area contributed by atoms with Crippen molar-refractivity contribution in [3.05, 3.63) is 96.6 Å². The zero-order chi connectivity index (χ0) is 39.5. The number of anilines is 1. The lowest BCUT2D eigenvalue weighted by Crippen LogP contribution is -2.51. The molecule has 11 nitrogen and oxygen atoms in total. The third-order valence-electron chi connectivity index (χ3n) is 13.8. The first-order valence-corrected chi connectivity index (χ1v) is 21.2. The van der Waals surface area contributed by atoms with Crippen molar-refractivity contribution in [3.63, 3.8) is 0 Å². The number of benzene rings is 2. The van der Waals surface area contributed by atoms with Gasteiger partial charge in [-0.1, -0.05) is 18.7 Å². The first kappa shape index (κ1) is 36.8. The Morgan fingerprint density at radius 1 is 0.776 bits per heavy atom. The molecule has 3 amide bonds. The van der Waals surface area contributed by atoms with Crippen LogP contribution in [0.5, 0.6) is 5.88 Å². The van der Waals surface area contributed by atoms with E-state index in [9.17, 15) is 14.4 Å². The highest BCUT2D eigenvalue weighted by Crippen LogP contribution is 2.37. The minimum atomic E-state index is -0.786. The normalized spacial score (nSPS) is 23.4. The Hall–Kier alpha value is -5.55. The second-order valence-corrected chi connectivity index (χ2v) is 17.4. The van der Waals surface area contributed by atoms with Crippen LogP contribution in [-0.2, 0) is 11.8 Å². The molecule has 1 N–H and O–H groups in total. The van der Waals surface area contributed by atoms with Gasteiger partial charge in [0.1, 0.15) is 12.1 Å². The Morgan fingerprint density at radius 2 is 1.53 bits per heavy atom. The van der Waals surface area contributed by atoms with E-state index in [4.69, 9.17) is 4.74 Å². The van der Waals surface area contributed by atoms with Crippen molar-refractivity contribution in [2.24, 2.45) is 24.8 Å². The van der Waals surface area contributed by atoms with Crippen molar-refractivity contribution >= 4 is 45.2 Å². The van der Waals surface area contributed by atoms with Crippen LogP contribution in [0.3, 0.4) is 0 Å². The molecule has 0 radical (unpaired) electrons. The smallest absolute Gasteiger partial charge is 0.262 e. The summed E-state index contributed by atoms with van der Waals surface area (Å²) in [4.78, 5) is 54.4. The van der Waals surface area contributed by atoms with Crippen LogP contribution < -0.4 is 15.0 Å². The fourth-order valence-corrected chi connectivity index (χ4v) is 10.3. The molecule has 58 heavy (non-hydrogen) atoms. The van der Waals surface area contributed by atoms with Gasteiger partial charge < -0.3 is 24.4 Å². The number of imide groups is 1. The number of hydrogen-bond acceptors (Lipinski definition) is 8. The maximum atomic E-state index is 13.4. The van der Waals surface area contributed by atoms with Crippen LogP contribution in [-0.4, -0.2) is 86.9 Å². The highest BCUT2D eigenvalue weighted by molar-refractivity contribution is 6.23. The van der Waals surface area contributed by atoms with Gasteiger partial charge in [-0.15, -0.1) is 0 Å². The summed E-state index contributed by atoms with van der Waals surface area (Å²) in [5.74, 6) is 1.82. The van der Waals surface area contributed by atoms with Gasteiger partial charge in [0.05, 0.1) is 16.6 Å². The average molecular weight is 778 g/mol. The first-order chi connectivity index (χ1) is 28.3. The summed E-state index contributed by atoms with van der Waals surface area (Å²) >= 11 is 0. The standard InChI is InChI=1S/C47H51N7O4/c1-29-3-9-42(45(55)50-29)54-46(56)38-8-6-35(25-39(38)47(54)57)53-19-14-31(15-20-53)21-30-12-17-52(18-13-30)28-32-22-36(23-32)58-44-10-5-34(26-49-44)33-4-7-37-40-27-48-16-11-41(40)51(2)43(37)24-33/h4-8,10-11,16,24-27,30-32,36,42H,1,3,9,12-15,17-23,28H2,2H3,(H,50,55)/t32-,36-,42?. The number of pyridine rings is 2. The van der Waals surface area contributed by atoms with E-state index in [0.29, 0.717) is 41.5 Å². The molecular weight excluding hydrogens is 727 g/mol. The number of likely N-dealkylation sites (tertiary alicyclic amines) is 1. The van der Waals surface area contributed by atoms with Crippen LogP contribution in [0.1, 0.15) is 78.5 Å². The number of amides is 3. The van der Waals surface area contributed by atoms with Gasteiger partial charge in [0.25, 0.3) is 11.8 Å². The number of aryl methyl sites for hydroxylation is 1. The molecular formula is C47H51N7O4. The van der Waals surface area contributed by atoms with Gasteiger partial charge in [-0.2, -0.15) is 0 Å². The summed E-state index contributed by atoms with van der Waals surface area (Å²) in [6.07, 6.45) is 15.2. The predicted octanol–water partition coefficient (Wildman–Crippen LogP) is 7.35. The molecule has 11 heteroatoms. The Morgan fingerprint density at radius 3 is 2.29 bits per heavy atom. The number of carbonyl (C=O) groups is 3. The van der Waals surface area contributed by atoms with Crippen molar-refractivity contribution in [2.75, 3.05) is 37.6 Å². The zero-order valence-corrected chi connectivity index (χ0v) is 33.2. The molecule has 2 aromatic carbocycles. The third kappa shape index (κ3) is 6.82. The van der Waals surface area contributed by atoms with Crippen molar-refractivity contribution in [3.8, 4) is 17.0 Å². The molecule has 5 aromatic rings.